The molecule has 0 spiro atoms. The molecule has 0 radical (unpaired) electrons. The summed E-state index contributed by atoms with van der Waals surface area (Å²) in [6, 6.07) is 1.96. The number of hydrogen-bond donors (Lipinski definition) is 0. The van der Waals surface area contributed by atoms with Crippen LogP contribution in [0.3, 0.4) is 0 Å². The second-order valence-corrected chi connectivity index (χ2v) is 4.78. The third-order valence-corrected chi connectivity index (χ3v) is 3.31. The summed E-state index contributed by atoms with van der Waals surface area (Å²) in [5, 5.41) is 1.84. The molecular formula is C12H16N4OS. The molecule has 0 aliphatic heterocycles. The van der Waals surface area contributed by atoms with Gasteiger partial charge in [0.1, 0.15) is 11.6 Å². The van der Waals surface area contributed by atoms with Gasteiger partial charge in [-0.3, -0.25) is 0 Å². The normalized spacial score (nSPS) is 10.8. The molecule has 0 unspecified atom stereocenters. The van der Waals surface area contributed by atoms with Gasteiger partial charge in [-0.15, -0.1) is 0 Å². The van der Waals surface area contributed by atoms with E-state index in [0.717, 1.165) is 22.4 Å². The third kappa shape index (κ3) is 3.08. The summed E-state index contributed by atoms with van der Waals surface area (Å²) >= 11 is 1.54. The van der Waals surface area contributed by atoms with E-state index in [2.05, 4.69) is 26.4 Å². The Hall–Kier alpha value is -1.40. The first-order chi connectivity index (χ1) is 8.72. The lowest BCUT2D eigenvalue weighted by atomic mass is 10.4. The van der Waals surface area contributed by atoms with E-state index in [-0.39, 0.29) is 0 Å². The molecule has 0 fully saturated rings. The van der Waals surface area contributed by atoms with Crippen molar-refractivity contribution >= 4 is 11.8 Å². The Morgan fingerprint density at radius 3 is 2.94 bits per heavy atom. The van der Waals surface area contributed by atoms with Gasteiger partial charge in [-0.2, -0.15) is 0 Å². The highest BCUT2D eigenvalue weighted by Gasteiger charge is 2.08. The summed E-state index contributed by atoms with van der Waals surface area (Å²) < 4.78 is 7.14. The lowest BCUT2D eigenvalue weighted by Crippen LogP contribution is -2.01. The van der Waals surface area contributed by atoms with E-state index in [1.165, 1.54) is 0 Å². The molecule has 0 atom stereocenters. The van der Waals surface area contributed by atoms with Gasteiger partial charge >= 0.3 is 0 Å². The maximum absolute atomic E-state index is 5.06. The predicted molar refractivity (Wildman–Crippen MR) is 69.5 cm³/mol. The molecule has 0 amide bonds. The fraction of sp³-hybridized carbons (Fsp3) is 0.417. The maximum atomic E-state index is 5.06. The van der Waals surface area contributed by atoms with Gasteiger partial charge in [0.15, 0.2) is 11.0 Å². The molecule has 0 aliphatic carbocycles. The summed E-state index contributed by atoms with van der Waals surface area (Å²) in [4.78, 5) is 13.1. The van der Waals surface area contributed by atoms with Crippen LogP contribution in [0.4, 0.5) is 0 Å². The van der Waals surface area contributed by atoms with Crippen LogP contribution in [0.25, 0.3) is 0 Å². The smallest absolute Gasteiger partial charge is 0.174 e. The van der Waals surface area contributed by atoms with Crippen LogP contribution >= 0.6 is 11.8 Å². The number of rotatable bonds is 5. The number of ether oxygens (including phenoxy) is 1. The lowest BCUT2D eigenvalue weighted by Gasteiger charge is -2.06. The molecule has 96 valence electrons. The minimum atomic E-state index is 0.428. The molecule has 0 N–H and O–H groups in total. The number of aromatic nitrogens is 4. The van der Waals surface area contributed by atoms with Gasteiger partial charge < -0.3 is 9.30 Å². The Labute approximate surface area is 111 Å². The first kappa shape index (κ1) is 13.0. The maximum Gasteiger partial charge on any atom is 0.174 e. The summed E-state index contributed by atoms with van der Waals surface area (Å²) in [6.45, 7) is 5.37. The minimum absolute atomic E-state index is 0.428. The molecule has 18 heavy (non-hydrogen) atoms. The lowest BCUT2D eigenvalue weighted by molar-refractivity contribution is 0.177. The third-order valence-electron chi connectivity index (χ3n) is 2.36. The van der Waals surface area contributed by atoms with E-state index in [1.54, 1.807) is 25.1 Å². The Bertz CT molecular complexity index is 527. The van der Waals surface area contributed by atoms with Crippen LogP contribution in [-0.4, -0.2) is 26.6 Å². The van der Waals surface area contributed by atoms with Crippen LogP contribution in [0.5, 0.6) is 0 Å². The van der Waals surface area contributed by atoms with E-state index < -0.39 is 0 Å². The van der Waals surface area contributed by atoms with Crippen LogP contribution in [-0.2, 0) is 17.9 Å². The molecule has 0 saturated carbocycles. The molecule has 2 rings (SSSR count). The molecule has 0 aliphatic rings. The van der Waals surface area contributed by atoms with Gasteiger partial charge in [0.25, 0.3) is 0 Å². The summed E-state index contributed by atoms with van der Waals surface area (Å²) in [5.41, 5.74) is 0.939. The number of imidazole rings is 1. The molecule has 6 heteroatoms. The van der Waals surface area contributed by atoms with E-state index in [0.29, 0.717) is 12.4 Å². The van der Waals surface area contributed by atoms with E-state index in [4.69, 9.17) is 4.74 Å². The quantitative estimate of drug-likeness (QED) is 0.776. The highest BCUT2D eigenvalue weighted by atomic mass is 32.2. The van der Waals surface area contributed by atoms with Crippen molar-refractivity contribution in [3.05, 3.63) is 30.0 Å². The van der Waals surface area contributed by atoms with Gasteiger partial charge in [0.2, 0.25) is 0 Å². The molecule has 2 aromatic heterocycles. The molecular weight excluding hydrogens is 248 g/mol. The van der Waals surface area contributed by atoms with E-state index >= 15 is 0 Å². The molecule has 0 bridgehead atoms. The fourth-order valence-electron chi connectivity index (χ4n) is 1.58. The van der Waals surface area contributed by atoms with Gasteiger partial charge in [-0.1, -0.05) is 0 Å². The standard InChI is InChI=1S/C12H16N4OS/c1-4-16-6-5-13-12(16)18-11-7-9(2)14-10(15-11)8-17-3/h5-7H,4,8H2,1-3H3. The van der Waals surface area contributed by atoms with Crippen molar-refractivity contribution in [1.82, 2.24) is 19.5 Å². The Kier molecular flexibility index (Phi) is 4.33. The molecule has 2 heterocycles. The highest BCUT2D eigenvalue weighted by Crippen LogP contribution is 2.24. The van der Waals surface area contributed by atoms with Crippen molar-refractivity contribution in [2.24, 2.45) is 0 Å². The first-order valence-corrected chi connectivity index (χ1v) is 6.57. The van der Waals surface area contributed by atoms with Crippen LogP contribution < -0.4 is 0 Å². The second-order valence-electron chi connectivity index (χ2n) is 3.79. The summed E-state index contributed by atoms with van der Waals surface area (Å²) in [7, 11) is 1.64. The monoisotopic (exact) mass is 264 g/mol. The number of nitrogens with zero attached hydrogens (tertiary/aromatic N) is 4. The van der Waals surface area contributed by atoms with Crippen molar-refractivity contribution in [2.75, 3.05) is 7.11 Å². The van der Waals surface area contributed by atoms with Crippen LogP contribution in [0.2, 0.25) is 0 Å². The zero-order valence-corrected chi connectivity index (χ0v) is 11.6. The largest absolute Gasteiger partial charge is 0.377 e. The minimum Gasteiger partial charge on any atom is -0.377 e. The van der Waals surface area contributed by atoms with E-state index in [9.17, 15) is 0 Å². The SMILES string of the molecule is CCn1ccnc1Sc1cc(C)nc(COC)n1. The molecule has 0 aromatic carbocycles. The van der Waals surface area contributed by atoms with Crippen LogP contribution in [0.15, 0.2) is 28.6 Å². The summed E-state index contributed by atoms with van der Waals surface area (Å²) in [5.74, 6) is 0.703. The average Bonchev–Trinajstić information content (AvgIpc) is 2.76. The van der Waals surface area contributed by atoms with Crippen LogP contribution in [0.1, 0.15) is 18.4 Å². The predicted octanol–water partition coefficient (Wildman–Crippen LogP) is 2.30. The van der Waals surface area contributed by atoms with Crippen molar-refractivity contribution in [3.63, 3.8) is 0 Å². The van der Waals surface area contributed by atoms with Gasteiger partial charge in [0.05, 0.1) is 0 Å². The van der Waals surface area contributed by atoms with Gasteiger partial charge in [0, 0.05) is 31.7 Å². The van der Waals surface area contributed by atoms with Crippen molar-refractivity contribution < 1.29 is 4.74 Å². The van der Waals surface area contributed by atoms with Crippen molar-refractivity contribution in [1.29, 1.82) is 0 Å². The highest BCUT2D eigenvalue weighted by molar-refractivity contribution is 7.99. The second kappa shape index (κ2) is 5.97. The van der Waals surface area contributed by atoms with Crippen LogP contribution in [0, 0.1) is 6.92 Å². The number of methoxy groups -OCH3 is 1. The van der Waals surface area contributed by atoms with Gasteiger partial charge in [-0.25, -0.2) is 15.0 Å². The Morgan fingerprint density at radius 2 is 2.22 bits per heavy atom. The molecule has 0 saturated heterocycles. The topological polar surface area (TPSA) is 52.8 Å². The zero-order valence-electron chi connectivity index (χ0n) is 10.8. The van der Waals surface area contributed by atoms with Crippen molar-refractivity contribution in [3.8, 4) is 0 Å². The number of hydrogen-bond acceptors (Lipinski definition) is 5. The average molecular weight is 264 g/mol. The molecule has 2 aromatic rings. The molecule has 5 nitrogen and oxygen atoms in total. The van der Waals surface area contributed by atoms with Gasteiger partial charge in [-0.05, 0) is 31.7 Å². The fourth-order valence-corrected chi connectivity index (χ4v) is 2.57. The number of aryl methyl sites for hydroxylation is 2. The Balaban J connectivity index is 2.23. The van der Waals surface area contributed by atoms with Crippen molar-refractivity contribution in [2.45, 2.75) is 37.2 Å². The van der Waals surface area contributed by atoms with E-state index in [1.807, 2.05) is 19.2 Å². The summed E-state index contributed by atoms with van der Waals surface area (Å²) in [6.07, 6.45) is 3.77. The Morgan fingerprint density at radius 1 is 1.39 bits per heavy atom. The first-order valence-electron chi connectivity index (χ1n) is 5.75. The zero-order chi connectivity index (χ0) is 13.0.